The van der Waals surface area contributed by atoms with Crippen LogP contribution in [0.25, 0.3) is 11.0 Å². The number of rotatable bonds is 10. The number of hydrogen-bond acceptors (Lipinski definition) is 5. The Bertz CT molecular complexity index is 1550. The van der Waals surface area contributed by atoms with Gasteiger partial charge in [0.1, 0.15) is 11.3 Å². The summed E-state index contributed by atoms with van der Waals surface area (Å²) in [6.45, 7) is 7.20. The molecule has 1 amide bonds. The summed E-state index contributed by atoms with van der Waals surface area (Å²) in [5.74, 6) is -0.190. The Labute approximate surface area is 257 Å². The number of hydrogen-bond donors (Lipinski definition) is 2. The summed E-state index contributed by atoms with van der Waals surface area (Å²) in [7, 11) is -3.63. The van der Waals surface area contributed by atoms with E-state index >= 15 is 0 Å². The fourth-order valence-electron chi connectivity index (χ4n) is 7.35. The molecular formula is C33H43F3N4O3S. The van der Waals surface area contributed by atoms with Crippen LogP contribution < -0.4 is 5.32 Å². The number of amides is 1. The van der Waals surface area contributed by atoms with Gasteiger partial charge in [0.15, 0.2) is 9.84 Å². The standard InChI is InChI=1S/C33H43F3N4O3S/c1-4-40(21(2)3)25-14-17-28(38-31(41)19-30-37-29-11-7-10-27(32(29)39-30)33(34,35)36)24(18-25)20-44(42,43)26-15-12-23(13-16-26)22-8-5-6-9-22/h7,10-13,15-16,21-22,24-25,28H,4-6,8-9,14,17-20H2,1-3H3,(H,37,39)(H,38,41)/t24-,25+,28-/m0/s1. The summed E-state index contributed by atoms with van der Waals surface area (Å²) in [6.07, 6.45) is 1.92. The monoisotopic (exact) mass is 632 g/mol. The molecule has 1 aromatic heterocycles. The van der Waals surface area contributed by atoms with Crippen LogP contribution in [0.2, 0.25) is 0 Å². The summed E-state index contributed by atoms with van der Waals surface area (Å²) >= 11 is 0. The van der Waals surface area contributed by atoms with Gasteiger partial charge in [-0.2, -0.15) is 13.2 Å². The minimum absolute atomic E-state index is 0.0908. The highest BCUT2D eigenvalue weighted by molar-refractivity contribution is 7.91. The van der Waals surface area contributed by atoms with E-state index in [0.29, 0.717) is 29.7 Å². The topological polar surface area (TPSA) is 95.2 Å². The number of benzene rings is 2. The second-order valence-electron chi connectivity index (χ2n) is 12.7. The quantitative estimate of drug-likeness (QED) is 0.261. The molecule has 0 saturated heterocycles. The Hall–Kier alpha value is -2.92. The van der Waals surface area contributed by atoms with Crippen molar-refractivity contribution in [2.24, 2.45) is 5.92 Å². The largest absolute Gasteiger partial charge is 0.418 e. The first-order chi connectivity index (χ1) is 20.9. The lowest BCUT2D eigenvalue weighted by Gasteiger charge is -2.43. The molecule has 2 fully saturated rings. The molecule has 11 heteroatoms. The molecule has 2 N–H and O–H groups in total. The van der Waals surface area contributed by atoms with Crippen molar-refractivity contribution >= 4 is 26.8 Å². The fourth-order valence-corrected chi connectivity index (χ4v) is 9.02. The van der Waals surface area contributed by atoms with E-state index in [9.17, 15) is 26.4 Å². The van der Waals surface area contributed by atoms with Crippen LogP contribution >= 0.6 is 0 Å². The van der Waals surface area contributed by atoms with Gasteiger partial charge in [-0.1, -0.05) is 38.0 Å². The number of aromatic nitrogens is 2. The zero-order chi connectivity index (χ0) is 31.6. The molecule has 0 aliphatic heterocycles. The lowest BCUT2D eigenvalue weighted by molar-refractivity contribution is -0.136. The van der Waals surface area contributed by atoms with Gasteiger partial charge in [0.05, 0.1) is 28.1 Å². The van der Waals surface area contributed by atoms with Gasteiger partial charge in [0.25, 0.3) is 0 Å². The molecule has 0 spiro atoms. The number of carbonyl (C=O) groups is 1. The van der Waals surface area contributed by atoms with Crippen molar-refractivity contribution in [3.05, 3.63) is 59.4 Å². The van der Waals surface area contributed by atoms with E-state index in [1.165, 1.54) is 30.5 Å². The van der Waals surface area contributed by atoms with Gasteiger partial charge in [-0.3, -0.25) is 9.69 Å². The maximum Gasteiger partial charge on any atom is 0.418 e. The Morgan fingerprint density at radius 3 is 2.41 bits per heavy atom. The lowest BCUT2D eigenvalue weighted by Crippen LogP contribution is -2.52. The number of nitrogens with one attached hydrogen (secondary N) is 2. The van der Waals surface area contributed by atoms with Crippen molar-refractivity contribution in [3.8, 4) is 0 Å². The number of aromatic amines is 1. The first kappa shape index (κ1) is 32.5. The van der Waals surface area contributed by atoms with Crippen LogP contribution in [0.3, 0.4) is 0 Å². The third-order valence-corrected chi connectivity index (χ3v) is 11.4. The van der Waals surface area contributed by atoms with Crippen molar-refractivity contribution in [2.45, 2.75) is 107 Å². The number of sulfone groups is 1. The van der Waals surface area contributed by atoms with Crippen LogP contribution in [0.15, 0.2) is 47.4 Å². The van der Waals surface area contributed by atoms with Crippen LogP contribution in [0, 0.1) is 5.92 Å². The number of H-pyrrole nitrogens is 1. The normalized spacial score (nSPS) is 21.9. The Morgan fingerprint density at radius 2 is 1.77 bits per heavy atom. The summed E-state index contributed by atoms with van der Waals surface area (Å²) in [6, 6.07) is 11.2. The SMILES string of the molecule is CCN(C(C)C)[C@@H]1CC[C@H](NC(=O)Cc2nc3c(C(F)(F)F)cccc3[nH]2)[C@H](CS(=O)(=O)c2ccc(C3CCCC3)cc2)C1. The van der Waals surface area contributed by atoms with Crippen LogP contribution in [0.5, 0.6) is 0 Å². The molecular weight excluding hydrogens is 589 g/mol. The summed E-state index contributed by atoms with van der Waals surface area (Å²) in [5.41, 5.74) is 0.315. The van der Waals surface area contributed by atoms with Crippen molar-refractivity contribution in [3.63, 3.8) is 0 Å². The van der Waals surface area contributed by atoms with Gasteiger partial charge in [-0.05, 0) is 94.2 Å². The molecule has 3 aromatic rings. The average molecular weight is 633 g/mol. The smallest absolute Gasteiger partial charge is 0.353 e. The van der Waals surface area contributed by atoms with E-state index in [0.717, 1.165) is 31.9 Å². The highest BCUT2D eigenvalue weighted by atomic mass is 32.2. The number of carbonyl (C=O) groups excluding carboxylic acids is 1. The predicted molar refractivity (Wildman–Crippen MR) is 165 cm³/mol. The first-order valence-corrected chi connectivity index (χ1v) is 17.4. The molecule has 2 aliphatic carbocycles. The van der Waals surface area contributed by atoms with Gasteiger partial charge in [-0.25, -0.2) is 13.4 Å². The highest BCUT2D eigenvalue weighted by Crippen LogP contribution is 2.36. The van der Waals surface area contributed by atoms with Gasteiger partial charge in [-0.15, -0.1) is 0 Å². The fraction of sp³-hybridized carbons (Fsp3) is 0.576. The zero-order valence-corrected chi connectivity index (χ0v) is 26.5. The molecule has 3 atom stereocenters. The average Bonchev–Trinajstić information content (AvgIpc) is 3.64. The molecule has 1 heterocycles. The van der Waals surface area contributed by atoms with Gasteiger partial charge < -0.3 is 10.3 Å². The van der Waals surface area contributed by atoms with Crippen LogP contribution in [-0.4, -0.2) is 59.6 Å². The van der Waals surface area contributed by atoms with E-state index < -0.39 is 27.5 Å². The maximum atomic E-state index is 13.7. The second kappa shape index (κ2) is 13.2. The van der Waals surface area contributed by atoms with E-state index in [2.05, 4.69) is 41.0 Å². The summed E-state index contributed by atoms with van der Waals surface area (Å²) < 4.78 is 67.8. The molecule has 0 unspecified atom stereocenters. The first-order valence-electron chi connectivity index (χ1n) is 15.8. The number of halogens is 3. The van der Waals surface area contributed by atoms with Crippen molar-refractivity contribution < 1.29 is 26.4 Å². The Kier molecular flexibility index (Phi) is 9.75. The zero-order valence-electron chi connectivity index (χ0n) is 25.7. The van der Waals surface area contributed by atoms with Crippen LogP contribution in [-0.2, 0) is 27.2 Å². The molecule has 0 radical (unpaired) electrons. The van der Waals surface area contributed by atoms with Crippen molar-refractivity contribution in [1.29, 1.82) is 0 Å². The van der Waals surface area contributed by atoms with Crippen LogP contribution in [0.1, 0.15) is 88.6 Å². The number of fused-ring (bicyclic) bond motifs is 1. The second-order valence-corrected chi connectivity index (χ2v) is 14.8. The maximum absolute atomic E-state index is 13.7. The highest BCUT2D eigenvalue weighted by Gasteiger charge is 2.38. The minimum atomic E-state index is -4.56. The van der Waals surface area contributed by atoms with Gasteiger partial charge >= 0.3 is 6.18 Å². The number of imidazole rings is 1. The number of para-hydroxylation sites is 1. The molecule has 2 aliphatic rings. The molecule has 2 saturated carbocycles. The van der Waals surface area contributed by atoms with Crippen LogP contribution in [0.4, 0.5) is 13.2 Å². The lowest BCUT2D eigenvalue weighted by atomic mass is 9.81. The summed E-state index contributed by atoms with van der Waals surface area (Å²) in [5, 5.41) is 3.03. The van der Waals surface area contributed by atoms with E-state index in [1.54, 1.807) is 12.1 Å². The Morgan fingerprint density at radius 1 is 1.07 bits per heavy atom. The van der Waals surface area contributed by atoms with E-state index in [4.69, 9.17) is 0 Å². The minimum Gasteiger partial charge on any atom is -0.353 e. The molecule has 44 heavy (non-hydrogen) atoms. The molecule has 5 rings (SSSR count). The van der Waals surface area contributed by atoms with Gasteiger partial charge in [0.2, 0.25) is 5.91 Å². The molecule has 240 valence electrons. The van der Waals surface area contributed by atoms with Gasteiger partial charge in [0, 0.05) is 18.1 Å². The summed E-state index contributed by atoms with van der Waals surface area (Å²) in [4.78, 5) is 22.8. The Balaban J connectivity index is 1.33. The van der Waals surface area contributed by atoms with E-state index in [1.807, 2.05) is 12.1 Å². The van der Waals surface area contributed by atoms with E-state index in [-0.39, 0.29) is 47.0 Å². The molecule has 0 bridgehead atoms. The predicted octanol–water partition coefficient (Wildman–Crippen LogP) is 6.64. The molecule has 7 nitrogen and oxygen atoms in total. The number of alkyl halides is 3. The third kappa shape index (κ3) is 7.30. The van der Waals surface area contributed by atoms with Crippen molar-refractivity contribution in [1.82, 2.24) is 20.2 Å². The molecule has 2 aromatic carbocycles. The van der Waals surface area contributed by atoms with Crippen molar-refractivity contribution in [2.75, 3.05) is 12.3 Å². The third-order valence-electron chi connectivity index (χ3n) is 9.49. The number of nitrogens with zero attached hydrogens (tertiary/aromatic N) is 2.